The van der Waals surface area contributed by atoms with E-state index < -0.39 is 0 Å². The maximum absolute atomic E-state index is 5.62. The zero-order chi connectivity index (χ0) is 20.9. The van der Waals surface area contributed by atoms with E-state index in [0.717, 1.165) is 37.8 Å². The van der Waals surface area contributed by atoms with Crippen molar-refractivity contribution in [2.75, 3.05) is 41.3 Å². The minimum Gasteiger partial charge on any atom is -0.360 e. The predicted molar refractivity (Wildman–Crippen MR) is 129 cm³/mol. The van der Waals surface area contributed by atoms with Crippen LogP contribution >= 0.6 is 12.2 Å². The summed E-state index contributed by atoms with van der Waals surface area (Å²) < 4.78 is 0. The smallest absolute Gasteiger partial charge is 0.232 e. The molecule has 4 rings (SSSR count). The maximum atomic E-state index is 5.62. The topological polar surface area (TPSA) is 56.3 Å². The van der Waals surface area contributed by atoms with Gasteiger partial charge in [-0.15, -0.1) is 0 Å². The zero-order valence-corrected chi connectivity index (χ0v) is 19.5. The van der Waals surface area contributed by atoms with Crippen LogP contribution in [0.15, 0.2) is 6.07 Å². The highest BCUT2D eigenvalue weighted by Gasteiger charge is 2.25. The molecule has 0 aromatic carbocycles. The van der Waals surface area contributed by atoms with E-state index in [2.05, 4.69) is 40.3 Å². The van der Waals surface area contributed by atoms with Crippen molar-refractivity contribution in [2.24, 2.45) is 11.8 Å². The highest BCUT2D eigenvalue weighted by atomic mass is 32.1. The van der Waals surface area contributed by atoms with E-state index in [1.165, 1.54) is 57.8 Å². The fourth-order valence-electron chi connectivity index (χ4n) is 5.34. The Kier molecular flexibility index (Phi) is 7.28. The van der Waals surface area contributed by atoms with Crippen LogP contribution < -0.4 is 20.4 Å². The normalized spacial score (nSPS) is 25.8. The molecule has 6 nitrogen and oxygen atoms in total. The third kappa shape index (κ3) is 5.74. The molecule has 166 valence electrons. The number of thiocarbonyl (C=S) groups is 1. The first-order valence-electron chi connectivity index (χ1n) is 12.0. The summed E-state index contributed by atoms with van der Waals surface area (Å²) in [7, 11) is 0. The van der Waals surface area contributed by atoms with Crippen molar-refractivity contribution in [2.45, 2.75) is 77.7 Å². The summed E-state index contributed by atoms with van der Waals surface area (Å²) in [4.78, 5) is 14.6. The van der Waals surface area contributed by atoms with Gasteiger partial charge in [0.2, 0.25) is 5.95 Å². The molecule has 0 bridgehead atoms. The van der Waals surface area contributed by atoms with Crippen molar-refractivity contribution in [1.82, 2.24) is 15.3 Å². The monoisotopic (exact) mass is 430 g/mol. The Balaban J connectivity index is 1.52. The molecule has 1 aromatic heterocycles. The van der Waals surface area contributed by atoms with Gasteiger partial charge in [0.05, 0.1) is 0 Å². The number of piperidine rings is 2. The molecule has 0 amide bonds. The highest BCUT2D eigenvalue weighted by Crippen LogP contribution is 2.29. The fourth-order valence-corrected chi connectivity index (χ4v) is 5.60. The van der Waals surface area contributed by atoms with E-state index in [1.54, 1.807) is 0 Å². The maximum Gasteiger partial charge on any atom is 0.232 e. The molecule has 7 heteroatoms. The van der Waals surface area contributed by atoms with Gasteiger partial charge in [0, 0.05) is 38.3 Å². The lowest BCUT2D eigenvalue weighted by atomic mass is 9.92. The first-order chi connectivity index (χ1) is 14.6. The molecule has 1 saturated carbocycles. The summed E-state index contributed by atoms with van der Waals surface area (Å²) in [6.07, 6.45) is 11.4. The first kappa shape index (κ1) is 21.6. The van der Waals surface area contributed by atoms with E-state index in [1.807, 2.05) is 0 Å². The SMILES string of the molecule is C[C@@H]1C[C@@H](C)CN(c2cc(N3CCCCC3)nc(NC(=S)NC3CCCCC3)n2)C1. The Bertz CT molecular complexity index is 704. The number of aromatic nitrogens is 2. The van der Waals surface area contributed by atoms with Gasteiger partial charge >= 0.3 is 0 Å². The van der Waals surface area contributed by atoms with Crippen LogP contribution in [0.2, 0.25) is 0 Å². The second-order valence-corrected chi connectivity index (χ2v) is 10.1. The van der Waals surface area contributed by atoms with Crippen LogP contribution in [-0.4, -0.2) is 47.3 Å². The van der Waals surface area contributed by atoms with Crippen molar-refractivity contribution in [1.29, 1.82) is 0 Å². The van der Waals surface area contributed by atoms with Gasteiger partial charge < -0.3 is 20.4 Å². The average molecular weight is 431 g/mol. The molecular weight excluding hydrogens is 392 g/mol. The standard InChI is InChI=1S/C23H38N6S/c1-17-13-18(2)16-29(15-17)21-14-20(28-11-7-4-8-12-28)25-22(26-21)27-23(30)24-19-9-5-3-6-10-19/h14,17-19H,3-13,15-16H2,1-2H3,(H2,24,25,26,27,30)/t17-,18-/m1/s1. The number of nitrogens with zero attached hydrogens (tertiary/aromatic N) is 4. The molecule has 1 aromatic rings. The molecule has 2 N–H and O–H groups in total. The Hall–Kier alpha value is -1.63. The lowest BCUT2D eigenvalue weighted by Gasteiger charge is -2.36. The largest absolute Gasteiger partial charge is 0.360 e. The van der Waals surface area contributed by atoms with Crippen molar-refractivity contribution >= 4 is 34.9 Å². The molecule has 0 spiro atoms. The van der Waals surface area contributed by atoms with Gasteiger partial charge in [-0.1, -0.05) is 33.1 Å². The zero-order valence-electron chi connectivity index (χ0n) is 18.7. The molecule has 3 aliphatic rings. The van der Waals surface area contributed by atoms with Gasteiger partial charge in [-0.05, 0) is 62.6 Å². The predicted octanol–water partition coefficient (Wildman–Crippen LogP) is 4.57. The molecule has 2 aliphatic heterocycles. The van der Waals surface area contributed by atoms with E-state index in [0.29, 0.717) is 28.9 Å². The summed E-state index contributed by atoms with van der Waals surface area (Å²) in [6, 6.07) is 2.67. The van der Waals surface area contributed by atoms with Crippen LogP contribution in [0.5, 0.6) is 0 Å². The minimum atomic E-state index is 0.479. The molecule has 3 fully saturated rings. The van der Waals surface area contributed by atoms with Crippen molar-refractivity contribution < 1.29 is 0 Å². The summed E-state index contributed by atoms with van der Waals surface area (Å²) >= 11 is 5.62. The number of hydrogen-bond donors (Lipinski definition) is 2. The van der Waals surface area contributed by atoms with E-state index in [9.17, 15) is 0 Å². The number of anilines is 3. The van der Waals surface area contributed by atoms with Gasteiger partial charge in [-0.2, -0.15) is 9.97 Å². The molecule has 0 radical (unpaired) electrons. The lowest BCUT2D eigenvalue weighted by molar-refractivity contribution is 0.355. The van der Waals surface area contributed by atoms with Gasteiger partial charge in [0.25, 0.3) is 0 Å². The molecular formula is C23H38N6S. The summed E-state index contributed by atoms with van der Waals surface area (Å²) in [5.74, 6) is 4.08. The molecule has 1 aliphatic carbocycles. The Labute approximate surface area is 187 Å². The van der Waals surface area contributed by atoms with Crippen molar-refractivity contribution in [3.8, 4) is 0 Å². The van der Waals surface area contributed by atoms with Crippen LogP contribution in [0.1, 0.15) is 71.6 Å². The fraction of sp³-hybridized carbons (Fsp3) is 0.783. The summed E-state index contributed by atoms with van der Waals surface area (Å²) in [6.45, 7) is 8.96. The molecule has 2 atom stereocenters. The third-order valence-electron chi connectivity index (χ3n) is 6.74. The summed E-state index contributed by atoms with van der Waals surface area (Å²) in [5, 5.41) is 7.46. The van der Waals surface area contributed by atoms with Crippen LogP contribution in [0.3, 0.4) is 0 Å². The van der Waals surface area contributed by atoms with Gasteiger partial charge in [0.1, 0.15) is 11.6 Å². The van der Waals surface area contributed by atoms with Crippen LogP contribution in [-0.2, 0) is 0 Å². The summed E-state index contributed by atoms with van der Waals surface area (Å²) in [5.41, 5.74) is 0. The van der Waals surface area contributed by atoms with Gasteiger partial charge in [-0.25, -0.2) is 0 Å². The average Bonchev–Trinajstić information content (AvgIpc) is 2.74. The Morgan fingerprint density at radius 2 is 1.50 bits per heavy atom. The van der Waals surface area contributed by atoms with Gasteiger partial charge in [-0.3, -0.25) is 0 Å². The van der Waals surface area contributed by atoms with Crippen molar-refractivity contribution in [3.63, 3.8) is 0 Å². The lowest BCUT2D eigenvalue weighted by Crippen LogP contribution is -2.41. The minimum absolute atomic E-state index is 0.479. The molecule has 30 heavy (non-hydrogen) atoms. The molecule has 2 saturated heterocycles. The Morgan fingerprint density at radius 1 is 0.900 bits per heavy atom. The van der Waals surface area contributed by atoms with Crippen LogP contribution in [0.4, 0.5) is 17.6 Å². The number of hydrogen-bond acceptors (Lipinski definition) is 5. The van der Waals surface area contributed by atoms with E-state index in [4.69, 9.17) is 22.2 Å². The second-order valence-electron chi connectivity index (χ2n) is 9.74. The third-order valence-corrected chi connectivity index (χ3v) is 6.96. The quantitative estimate of drug-likeness (QED) is 0.679. The van der Waals surface area contributed by atoms with Crippen molar-refractivity contribution in [3.05, 3.63) is 6.07 Å². The number of nitrogens with one attached hydrogen (secondary N) is 2. The van der Waals surface area contributed by atoms with Crippen LogP contribution in [0.25, 0.3) is 0 Å². The highest BCUT2D eigenvalue weighted by molar-refractivity contribution is 7.80. The molecule has 0 unspecified atom stereocenters. The molecule has 3 heterocycles. The second kappa shape index (κ2) is 10.1. The number of rotatable bonds is 4. The Morgan fingerprint density at radius 3 is 2.17 bits per heavy atom. The van der Waals surface area contributed by atoms with Crippen LogP contribution in [0, 0.1) is 11.8 Å². The van der Waals surface area contributed by atoms with E-state index in [-0.39, 0.29) is 0 Å². The first-order valence-corrected chi connectivity index (χ1v) is 12.4. The van der Waals surface area contributed by atoms with Gasteiger partial charge in [0.15, 0.2) is 5.11 Å². The van der Waals surface area contributed by atoms with E-state index >= 15 is 0 Å².